The number of carbonyl (C=O) groups excluding carboxylic acids is 3. The van der Waals surface area contributed by atoms with E-state index >= 15 is 0 Å². The van der Waals surface area contributed by atoms with Crippen LogP contribution in [0.5, 0.6) is 5.75 Å². The van der Waals surface area contributed by atoms with Crippen LogP contribution in [-0.4, -0.2) is 41.3 Å². The number of nitrogens with one attached hydrogen (secondary N) is 2. The van der Waals surface area contributed by atoms with Gasteiger partial charge in [-0.25, -0.2) is 4.79 Å². The Kier molecular flexibility index (Phi) is 8.05. The lowest BCUT2D eigenvalue weighted by molar-refractivity contribution is -0.307. The molecule has 2 atom stereocenters. The molecule has 0 heterocycles. The quantitative estimate of drug-likeness (QED) is 0.708. The number of carbonyl (C=O) groups is 3. The van der Waals surface area contributed by atoms with Crippen molar-refractivity contribution in [2.24, 2.45) is 0 Å². The number of aliphatic carboxylic acids is 1. The number of rotatable bonds is 7. The normalized spacial score (nSPS) is 13.8. The van der Waals surface area contributed by atoms with Crippen LogP contribution in [0, 0.1) is 0 Å². The molecule has 0 radical (unpaired) electrons. The summed E-state index contributed by atoms with van der Waals surface area (Å²) in [6.07, 6.45) is -0.632. The number of benzene rings is 1. The van der Waals surface area contributed by atoms with Crippen LogP contribution in [0.3, 0.4) is 0 Å². The van der Waals surface area contributed by atoms with E-state index in [0.717, 1.165) is 5.56 Å². The van der Waals surface area contributed by atoms with Crippen LogP contribution >= 0.6 is 0 Å². The fourth-order valence-electron chi connectivity index (χ4n) is 2.31. The van der Waals surface area contributed by atoms with Gasteiger partial charge in [-0.1, -0.05) is 12.1 Å². The summed E-state index contributed by atoms with van der Waals surface area (Å²) in [4.78, 5) is 35.6. The molecule has 1 aromatic carbocycles. The highest BCUT2D eigenvalue weighted by atomic mass is 16.6. The van der Waals surface area contributed by atoms with Gasteiger partial charge in [0.25, 0.3) is 0 Å². The topological polar surface area (TPSA) is 117 Å². The molecule has 1 rings (SSSR count). The molecule has 0 spiro atoms. The minimum Gasteiger partial charge on any atom is -0.548 e. The first-order valence-electron chi connectivity index (χ1n) is 9.45. The molecule has 0 bridgehead atoms. The van der Waals surface area contributed by atoms with Crippen molar-refractivity contribution in [3.8, 4) is 5.75 Å². The fourth-order valence-corrected chi connectivity index (χ4v) is 2.31. The van der Waals surface area contributed by atoms with E-state index < -0.39 is 35.7 Å². The standard InChI is InChI=1S/C21H32N2O6/c1-13(18(25)26)22-17(24)16(23-19(27)29-21(5,6)7)12-14-8-10-15(11-9-14)28-20(2,3)4/h8-11,13,16H,12H2,1-7H3,(H,22,24)(H,23,27)(H,25,26)/p-1/t13-,16+/m1/s1. The smallest absolute Gasteiger partial charge is 0.408 e. The number of hydrogen-bond acceptors (Lipinski definition) is 6. The van der Waals surface area contributed by atoms with Gasteiger partial charge >= 0.3 is 6.09 Å². The number of carboxylic acids is 1. The molecule has 0 unspecified atom stereocenters. The van der Waals surface area contributed by atoms with Gasteiger partial charge in [-0.2, -0.15) is 0 Å². The zero-order valence-corrected chi connectivity index (χ0v) is 18.1. The zero-order valence-electron chi connectivity index (χ0n) is 18.1. The molecule has 29 heavy (non-hydrogen) atoms. The Balaban J connectivity index is 2.93. The molecule has 0 aliphatic heterocycles. The number of alkyl carbamates (subject to hydrolysis) is 1. The molecule has 0 saturated carbocycles. The van der Waals surface area contributed by atoms with Gasteiger partial charge in [0.05, 0.1) is 12.0 Å². The highest BCUT2D eigenvalue weighted by Crippen LogP contribution is 2.19. The van der Waals surface area contributed by atoms with Crippen molar-refractivity contribution in [3.05, 3.63) is 29.8 Å². The van der Waals surface area contributed by atoms with Crippen LogP contribution in [0.1, 0.15) is 54.0 Å². The van der Waals surface area contributed by atoms with Crippen LogP contribution in [0.4, 0.5) is 4.79 Å². The molecule has 8 heteroatoms. The van der Waals surface area contributed by atoms with Crippen molar-refractivity contribution in [2.75, 3.05) is 0 Å². The molecule has 8 nitrogen and oxygen atoms in total. The van der Waals surface area contributed by atoms with Crippen LogP contribution < -0.4 is 20.5 Å². The lowest BCUT2D eigenvalue weighted by Gasteiger charge is -2.25. The van der Waals surface area contributed by atoms with Crippen molar-refractivity contribution >= 4 is 18.0 Å². The maximum absolute atomic E-state index is 12.5. The molecular weight excluding hydrogens is 376 g/mol. The summed E-state index contributed by atoms with van der Waals surface area (Å²) in [5, 5.41) is 15.7. The summed E-state index contributed by atoms with van der Waals surface area (Å²) in [5.41, 5.74) is -0.331. The average Bonchev–Trinajstić information content (AvgIpc) is 2.52. The third-order valence-electron chi connectivity index (χ3n) is 3.51. The van der Waals surface area contributed by atoms with E-state index in [1.165, 1.54) is 6.92 Å². The van der Waals surface area contributed by atoms with Crippen LogP contribution in [-0.2, 0) is 20.7 Å². The van der Waals surface area contributed by atoms with Gasteiger partial charge in [0.15, 0.2) is 0 Å². The molecular formula is C21H31N2O6-. The van der Waals surface area contributed by atoms with Gasteiger partial charge in [0.2, 0.25) is 5.91 Å². The van der Waals surface area contributed by atoms with Crippen molar-refractivity contribution in [2.45, 2.75) is 78.2 Å². The van der Waals surface area contributed by atoms with Crippen LogP contribution in [0.15, 0.2) is 24.3 Å². The summed E-state index contributed by atoms with van der Waals surface area (Å²) in [5.74, 6) is -1.39. The van der Waals surface area contributed by atoms with Crippen LogP contribution in [0.2, 0.25) is 0 Å². The Labute approximate surface area is 172 Å². The van der Waals surface area contributed by atoms with Crippen molar-refractivity contribution in [3.63, 3.8) is 0 Å². The predicted molar refractivity (Wildman–Crippen MR) is 106 cm³/mol. The largest absolute Gasteiger partial charge is 0.548 e. The Morgan fingerprint density at radius 3 is 1.97 bits per heavy atom. The maximum atomic E-state index is 12.5. The minimum absolute atomic E-state index is 0.140. The van der Waals surface area contributed by atoms with Crippen molar-refractivity contribution in [1.29, 1.82) is 0 Å². The first kappa shape index (κ1) is 24.3. The van der Waals surface area contributed by atoms with Crippen molar-refractivity contribution in [1.82, 2.24) is 10.6 Å². The average molecular weight is 407 g/mol. The molecule has 0 aliphatic carbocycles. The second kappa shape index (κ2) is 9.62. The molecule has 2 amide bonds. The zero-order chi connectivity index (χ0) is 22.4. The van der Waals surface area contributed by atoms with E-state index in [1.807, 2.05) is 20.8 Å². The van der Waals surface area contributed by atoms with Gasteiger partial charge in [0, 0.05) is 6.42 Å². The lowest BCUT2D eigenvalue weighted by atomic mass is 10.0. The van der Waals surface area contributed by atoms with Gasteiger partial charge in [-0.3, -0.25) is 4.79 Å². The summed E-state index contributed by atoms with van der Waals surface area (Å²) in [6.45, 7) is 12.2. The van der Waals surface area contributed by atoms with E-state index in [-0.39, 0.29) is 12.0 Å². The Morgan fingerprint density at radius 1 is 0.966 bits per heavy atom. The molecule has 0 saturated heterocycles. The lowest BCUT2D eigenvalue weighted by Crippen LogP contribution is -2.54. The number of hydrogen-bond donors (Lipinski definition) is 2. The van der Waals surface area contributed by atoms with E-state index in [4.69, 9.17) is 9.47 Å². The Hall–Kier alpha value is -2.77. The molecule has 162 valence electrons. The summed E-state index contributed by atoms with van der Waals surface area (Å²) < 4.78 is 11.0. The fraction of sp³-hybridized carbons (Fsp3) is 0.571. The van der Waals surface area contributed by atoms with Gasteiger partial charge in [-0.05, 0) is 66.2 Å². The minimum atomic E-state index is -1.42. The Bertz CT molecular complexity index is 716. The third-order valence-corrected chi connectivity index (χ3v) is 3.51. The van der Waals surface area contributed by atoms with Crippen molar-refractivity contribution < 1.29 is 29.0 Å². The predicted octanol–water partition coefficient (Wildman–Crippen LogP) is 1.55. The van der Waals surface area contributed by atoms with Gasteiger partial charge in [-0.15, -0.1) is 0 Å². The molecule has 0 fully saturated rings. The summed E-state index contributed by atoms with van der Waals surface area (Å²) in [7, 11) is 0. The number of ether oxygens (including phenoxy) is 2. The molecule has 0 aromatic heterocycles. The van der Waals surface area contributed by atoms with E-state index in [9.17, 15) is 19.5 Å². The summed E-state index contributed by atoms with van der Waals surface area (Å²) in [6, 6.07) is 4.87. The van der Waals surface area contributed by atoms with E-state index in [1.54, 1.807) is 45.0 Å². The number of amides is 2. The number of carboxylic acid groups (broad SMARTS) is 1. The van der Waals surface area contributed by atoms with E-state index in [2.05, 4.69) is 10.6 Å². The Morgan fingerprint density at radius 2 is 1.52 bits per heavy atom. The second-order valence-electron chi connectivity index (χ2n) is 8.81. The third kappa shape index (κ3) is 9.82. The van der Waals surface area contributed by atoms with Gasteiger partial charge < -0.3 is 30.0 Å². The monoisotopic (exact) mass is 407 g/mol. The first-order valence-corrected chi connectivity index (χ1v) is 9.45. The highest BCUT2D eigenvalue weighted by molar-refractivity contribution is 5.89. The highest BCUT2D eigenvalue weighted by Gasteiger charge is 2.26. The second-order valence-corrected chi connectivity index (χ2v) is 8.81. The molecule has 1 aromatic rings. The maximum Gasteiger partial charge on any atom is 0.408 e. The SMILES string of the molecule is C[C@@H](NC(=O)[C@H](Cc1ccc(OC(C)(C)C)cc1)NC(=O)OC(C)(C)C)C(=O)[O-]. The van der Waals surface area contributed by atoms with Crippen LogP contribution in [0.25, 0.3) is 0 Å². The first-order chi connectivity index (χ1) is 13.2. The van der Waals surface area contributed by atoms with E-state index in [0.29, 0.717) is 5.75 Å². The molecule has 2 N–H and O–H groups in total. The summed E-state index contributed by atoms with van der Waals surface area (Å²) >= 11 is 0. The molecule has 0 aliphatic rings. The van der Waals surface area contributed by atoms with Gasteiger partial charge in [0.1, 0.15) is 23.0 Å².